The molecule has 10 heteroatoms. The third kappa shape index (κ3) is 7.56. The molecule has 3 aromatic rings. The monoisotopic (exact) mass is 603 g/mol. The summed E-state index contributed by atoms with van der Waals surface area (Å²) in [6.07, 6.45) is 0.714. The molecule has 0 radical (unpaired) electrons. The average Bonchev–Trinajstić information content (AvgIpc) is 2.91. The lowest BCUT2D eigenvalue weighted by atomic mass is 10.1. The molecule has 2 atom stereocenters. The number of anilines is 1. The molecular formula is C30H35Cl2N3O4S. The number of benzene rings is 3. The third-order valence-electron chi connectivity index (χ3n) is 6.76. The van der Waals surface area contributed by atoms with Gasteiger partial charge in [-0.1, -0.05) is 72.1 Å². The first-order valence-electron chi connectivity index (χ1n) is 13.0. The molecular weight excluding hydrogens is 569 g/mol. The predicted molar refractivity (Wildman–Crippen MR) is 161 cm³/mol. The molecule has 7 nitrogen and oxygen atoms in total. The van der Waals surface area contributed by atoms with Gasteiger partial charge < -0.3 is 10.2 Å². The Balaban J connectivity index is 2.07. The molecule has 0 aliphatic rings. The van der Waals surface area contributed by atoms with E-state index in [9.17, 15) is 18.0 Å². The van der Waals surface area contributed by atoms with E-state index in [1.165, 1.54) is 17.0 Å². The van der Waals surface area contributed by atoms with Crippen LogP contribution in [-0.4, -0.2) is 43.8 Å². The molecule has 0 bridgehead atoms. The number of amides is 2. The molecule has 214 valence electrons. The minimum Gasteiger partial charge on any atom is -0.352 e. The summed E-state index contributed by atoms with van der Waals surface area (Å²) in [5, 5.41) is 3.68. The number of aryl methyl sites for hydroxylation is 2. The van der Waals surface area contributed by atoms with Gasteiger partial charge in [-0.05, 0) is 75.6 Å². The summed E-state index contributed by atoms with van der Waals surface area (Å²) in [6, 6.07) is 17.2. The van der Waals surface area contributed by atoms with Crippen LogP contribution < -0.4 is 9.62 Å². The van der Waals surface area contributed by atoms with Gasteiger partial charge in [0.05, 0.1) is 10.6 Å². The highest BCUT2D eigenvalue weighted by Crippen LogP contribution is 2.29. The number of halogens is 2. The van der Waals surface area contributed by atoms with E-state index >= 15 is 0 Å². The Labute approximate surface area is 247 Å². The summed E-state index contributed by atoms with van der Waals surface area (Å²) in [6.45, 7) is 8.61. The number of sulfonamides is 1. The van der Waals surface area contributed by atoms with Crippen LogP contribution in [-0.2, 0) is 26.2 Å². The number of rotatable bonds is 11. The van der Waals surface area contributed by atoms with Gasteiger partial charge >= 0.3 is 0 Å². The van der Waals surface area contributed by atoms with Crippen molar-refractivity contribution in [2.45, 2.75) is 64.6 Å². The van der Waals surface area contributed by atoms with Crippen molar-refractivity contribution in [3.05, 3.63) is 93.5 Å². The van der Waals surface area contributed by atoms with Crippen LogP contribution in [0.2, 0.25) is 10.0 Å². The molecule has 0 fully saturated rings. The number of hydrogen-bond acceptors (Lipinski definition) is 4. The van der Waals surface area contributed by atoms with Crippen LogP contribution >= 0.6 is 23.2 Å². The van der Waals surface area contributed by atoms with E-state index in [1.54, 1.807) is 62.4 Å². The summed E-state index contributed by atoms with van der Waals surface area (Å²) >= 11 is 12.5. The quantitative estimate of drug-likeness (QED) is 0.285. The van der Waals surface area contributed by atoms with Crippen LogP contribution in [0.3, 0.4) is 0 Å². The first-order chi connectivity index (χ1) is 18.8. The van der Waals surface area contributed by atoms with Crippen molar-refractivity contribution < 1.29 is 18.0 Å². The number of carbonyl (C=O) groups excluding carboxylic acids is 2. The fraction of sp³-hybridized carbons (Fsp3) is 0.333. The van der Waals surface area contributed by atoms with Crippen LogP contribution in [0.5, 0.6) is 0 Å². The lowest BCUT2D eigenvalue weighted by molar-refractivity contribution is -0.139. The number of nitrogens with zero attached hydrogens (tertiary/aromatic N) is 2. The zero-order valence-corrected chi connectivity index (χ0v) is 25.6. The van der Waals surface area contributed by atoms with Crippen molar-refractivity contribution in [1.82, 2.24) is 10.2 Å². The Hall–Kier alpha value is -3.07. The van der Waals surface area contributed by atoms with Gasteiger partial charge in [0.25, 0.3) is 10.0 Å². The van der Waals surface area contributed by atoms with Crippen LogP contribution in [0.1, 0.15) is 43.9 Å². The van der Waals surface area contributed by atoms with Gasteiger partial charge in [0.2, 0.25) is 11.8 Å². The number of hydrogen-bond donors (Lipinski definition) is 1. The molecule has 0 aromatic heterocycles. The maximum atomic E-state index is 14.0. The molecule has 0 aliphatic heterocycles. The van der Waals surface area contributed by atoms with Crippen LogP contribution in [0.4, 0.5) is 5.69 Å². The van der Waals surface area contributed by atoms with E-state index in [4.69, 9.17) is 23.2 Å². The molecule has 40 heavy (non-hydrogen) atoms. The van der Waals surface area contributed by atoms with Gasteiger partial charge in [-0.2, -0.15) is 0 Å². The van der Waals surface area contributed by atoms with E-state index in [1.807, 2.05) is 26.8 Å². The second-order valence-corrected chi connectivity index (χ2v) is 12.6. The Bertz CT molecular complexity index is 1470. The lowest BCUT2D eigenvalue weighted by Crippen LogP contribution is -2.52. The van der Waals surface area contributed by atoms with Gasteiger partial charge in [0.1, 0.15) is 12.6 Å². The molecule has 0 aliphatic carbocycles. The normalized spacial score (nSPS) is 12.9. The summed E-state index contributed by atoms with van der Waals surface area (Å²) in [5.74, 6) is -0.908. The molecule has 0 spiro atoms. The first-order valence-corrected chi connectivity index (χ1v) is 15.2. The maximum Gasteiger partial charge on any atom is 0.264 e. The zero-order chi connectivity index (χ0) is 29.6. The SMILES string of the molecule is CCC(C)NC(=O)C(C)N(Cc1ccc(Cl)cc1Cl)C(=O)CN(c1ccc(C)cc1C)S(=O)(=O)c1ccccc1. The highest BCUT2D eigenvalue weighted by atomic mass is 35.5. The molecule has 2 unspecified atom stereocenters. The van der Waals surface area contributed by atoms with E-state index in [0.29, 0.717) is 33.3 Å². The summed E-state index contributed by atoms with van der Waals surface area (Å²) in [7, 11) is -4.13. The Morgan fingerprint density at radius 1 is 0.950 bits per heavy atom. The van der Waals surface area contributed by atoms with Gasteiger partial charge in [0.15, 0.2) is 0 Å². The fourth-order valence-corrected chi connectivity index (χ4v) is 6.17. The number of nitrogens with one attached hydrogen (secondary N) is 1. The highest BCUT2D eigenvalue weighted by Gasteiger charge is 2.33. The van der Waals surface area contributed by atoms with Crippen LogP contribution in [0, 0.1) is 13.8 Å². The smallest absolute Gasteiger partial charge is 0.264 e. The topological polar surface area (TPSA) is 86.8 Å². The van der Waals surface area contributed by atoms with E-state index in [2.05, 4.69) is 5.32 Å². The molecule has 0 saturated carbocycles. The van der Waals surface area contributed by atoms with Crippen molar-refractivity contribution in [2.75, 3.05) is 10.8 Å². The highest BCUT2D eigenvalue weighted by molar-refractivity contribution is 7.92. The molecule has 2 amide bonds. The molecule has 3 rings (SSSR count). The van der Waals surface area contributed by atoms with E-state index in [-0.39, 0.29) is 23.4 Å². The Morgan fingerprint density at radius 2 is 1.62 bits per heavy atom. The second-order valence-electron chi connectivity index (χ2n) is 9.87. The van der Waals surface area contributed by atoms with E-state index < -0.39 is 28.5 Å². The zero-order valence-electron chi connectivity index (χ0n) is 23.3. The lowest BCUT2D eigenvalue weighted by Gasteiger charge is -2.33. The first kappa shape index (κ1) is 31.5. The van der Waals surface area contributed by atoms with Crippen molar-refractivity contribution in [2.24, 2.45) is 0 Å². The van der Waals surface area contributed by atoms with Crippen molar-refractivity contribution in [3.8, 4) is 0 Å². The Morgan fingerprint density at radius 3 is 2.23 bits per heavy atom. The second kappa shape index (κ2) is 13.5. The summed E-state index contributed by atoms with van der Waals surface area (Å²) in [5.41, 5.74) is 2.61. The summed E-state index contributed by atoms with van der Waals surface area (Å²) < 4.78 is 28.9. The van der Waals surface area contributed by atoms with Crippen molar-refractivity contribution in [1.29, 1.82) is 0 Å². The summed E-state index contributed by atoms with van der Waals surface area (Å²) in [4.78, 5) is 28.6. The van der Waals surface area contributed by atoms with Gasteiger partial charge in [-0.25, -0.2) is 8.42 Å². The van der Waals surface area contributed by atoms with Crippen molar-refractivity contribution in [3.63, 3.8) is 0 Å². The molecule has 1 N–H and O–H groups in total. The minimum absolute atomic E-state index is 0.0178. The van der Waals surface area contributed by atoms with Gasteiger partial charge in [-0.3, -0.25) is 13.9 Å². The minimum atomic E-state index is -4.13. The molecule has 0 saturated heterocycles. The standard InChI is InChI=1S/C30H35Cl2N3O4S/c1-6-22(4)33-30(37)23(5)34(18-24-13-14-25(31)17-27(24)32)29(36)19-35(28-15-12-20(2)16-21(28)3)40(38,39)26-10-8-7-9-11-26/h7-17,22-23H,6,18-19H2,1-5H3,(H,33,37). The van der Waals surface area contributed by atoms with Gasteiger partial charge in [0, 0.05) is 22.6 Å². The van der Waals surface area contributed by atoms with Crippen molar-refractivity contribution >= 4 is 50.7 Å². The Kier molecular flexibility index (Phi) is 10.6. The fourth-order valence-electron chi connectivity index (χ4n) is 4.20. The maximum absolute atomic E-state index is 14.0. The molecule has 3 aromatic carbocycles. The van der Waals surface area contributed by atoms with Crippen LogP contribution in [0.25, 0.3) is 0 Å². The number of carbonyl (C=O) groups is 2. The largest absolute Gasteiger partial charge is 0.352 e. The van der Waals surface area contributed by atoms with Crippen LogP contribution in [0.15, 0.2) is 71.6 Å². The van der Waals surface area contributed by atoms with Gasteiger partial charge in [-0.15, -0.1) is 0 Å². The molecule has 0 heterocycles. The average molecular weight is 605 g/mol. The predicted octanol–water partition coefficient (Wildman–Crippen LogP) is 6.14. The van der Waals surface area contributed by atoms with E-state index in [0.717, 1.165) is 9.87 Å². The third-order valence-corrected chi connectivity index (χ3v) is 9.12.